The van der Waals surface area contributed by atoms with Crippen molar-refractivity contribution in [3.8, 4) is 51.7 Å². The second kappa shape index (κ2) is 42.2. The lowest BCUT2D eigenvalue weighted by molar-refractivity contribution is -0.139. The third kappa shape index (κ3) is 28.0. The van der Waals surface area contributed by atoms with Gasteiger partial charge in [-0.1, -0.05) is 24.8 Å². The fourth-order valence-electron chi connectivity index (χ4n) is 8.32. The molecule has 0 aliphatic heterocycles. The molecule has 0 saturated carbocycles. The molecule has 19 heteroatoms. The Kier molecular flexibility index (Phi) is 34.4. The van der Waals surface area contributed by atoms with E-state index in [1.807, 2.05) is 36.4 Å². The van der Waals surface area contributed by atoms with E-state index in [9.17, 15) is 24.0 Å². The molecule has 0 radical (unpaired) electrons. The number of ether oxygens (including phenoxy) is 14. The third-order valence-corrected chi connectivity index (χ3v) is 13.2. The number of benzene rings is 4. The average Bonchev–Trinajstić information content (AvgIpc) is 3.31. The number of hydrogen-bond acceptors (Lipinski definition) is 19. The monoisotopic (exact) mass is 1210 g/mol. The van der Waals surface area contributed by atoms with E-state index < -0.39 is 29.8 Å². The van der Waals surface area contributed by atoms with Crippen LogP contribution in [-0.4, -0.2) is 125 Å². The quantitative estimate of drug-likeness (QED) is 0.0174. The van der Waals surface area contributed by atoms with Gasteiger partial charge in [0.05, 0.1) is 101 Å². The normalized spacial score (nSPS) is 11.0. The summed E-state index contributed by atoms with van der Waals surface area (Å²) >= 11 is 0. The van der Waals surface area contributed by atoms with Crippen LogP contribution in [0.25, 0.3) is 18.2 Å². The van der Waals surface area contributed by atoms with E-state index in [1.165, 1.54) is 39.6 Å². The molecular weight excluding hydrogens is 1120 g/mol. The van der Waals surface area contributed by atoms with Crippen LogP contribution in [0.3, 0.4) is 0 Å². The fraction of sp³-hybridized carbons (Fsp3) is 0.456. The van der Waals surface area contributed by atoms with Crippen molar-refractivity contribution >= 4 is 48.1 Å². The van der Waals surface area contributed by atoms with Crippen molar-refractivity contribution in [1.29, 1.82) is 0 Å². The smallest absolute Gasteiger partial charge is 0.338 e. The van der Waals surface area contributed by atoms with Crippen molar-refractivity contribution in [3.63, 3.8) is 0 Å². The Hall–Kier alpha value is -8.61. The van der Waals surface area contributed by atoms with Gasteiger partial charge in [0.2, 0.25) is 5.75 Å². The molecule has 19 nitrogen and oxygen atoms in total. The molecule has 0 aliphatic rings. The summed E-state index contributed by atoms with van der Waals surface area (Å²) in [5.74, 6) is 2.31. The van der Waals surface area contributed by atoms with Crippen LogP contribution in [0.1, 0.15) is 137 Å². The fourth-order valence-corrected chi connectivity index (χ4v) is 8.32. The topological polar surface area (TPSA) is 215 Å². The Bertz CT molecular complexity index is 2740. The molecule has 0 spiro atoms. The number of rotatable bonds is 45. The van der Waals surface area contributed by atoms with E-state index in [-0.39, 0.29) is 12.2 Å². The van der Waals surface area contributed by atoms with Gasteiger partial charge in [0.15, 0.2) is 46.0 Å². The Morgan fingerprint density at radius 1 is 0.356 bits per heavy atom. The second-order valence-electron chi connectivity index (χ2n) is 19.9. The number of esters is 5. The molecule has 87 heavy (non-hydrogen) atoms. The minimum Gasteiger partial charge on any atom is -0.493 e. The number of carbonyl (C=O) groups is 5. The van der Waals surface area contributed by atoms with Gasteiger partial charge < -0.3 is 66.3 Å². The lowest BCUT2D eigenvalue weighted by Gasteiger charge is -2.19. The predicted molar refractivity (Wildman–Crippen MR) is 331 cm³/mol. The Morgan fingerprint density at radius 2 is 0.655 bits per heavy atom. The maximum atomic E-state index is 13.8. The van der Waals surface area contributed by atoms with Crippen LogP contribution >= 0.6 is 0 Å². The van der Waals surface area contributed by atoms with Gasteiger partial charge in [-0.05, 0) is 193 Å². The Morgan fingerprint density at radius 3 is 0.966 bits per heavy atom. The molecule has 0 unspecified atom stereocenters. The SMILES string of the molecule is C=C(C)C(=O)OCCCCCCOC(=O)c1cc(OCCCCCCOc2ccc(/C=C/C(=O)OC)cc2OC)c(OCCCCCCOc2ccc(/C=C/C(=O)OC)cc2OC)c(OCCCCCCOc2ccc(/C=C/C(=O)OC)cc2OC)c1. The maximum absolute atomic E-state index is 13.8. The van der Waals surface area contributed by atoms with Crippen LogP contribution in [0, 0.1) is 0 Å². The van der Waals surface area contributed by atoms with Crippen molar-refractivity contribution in [2.45, 2.75) is 110 Å². The van der Waals surface area contributed by atoms with Crippen LogP contribution in [0.5, 0.6) is 51.7 Å². The molecule has 0 aromatic heterocycles. The zero-order valence-electron chi connectivity index (χ0n) is 51.7. The summed E-state index contributed by atoms with van der Waals surface area (Å²) in [5, 5.41) is 0. The molecule has 0 N–H and O–H groups in total. The van der Waals surface area contributed by atoms with E-state index in [0.29, 0.717) is 129 Å². The van der Waals surface area contributed by atoms with Crippen molar-refractivity contribution < 1.29 is 90.3 Å². The van der Waals surface area contributed by atoms with Crippen molar-refractivity contribution in [2.75, 3.05) is 95.5 Å². The highest BCUT2D eigenvalue weighted by atomic mass is 16.6. The van der Waals surface area contributed by atoms with Gasteiger partial charge >= 0.3 is 29.8 Å². The van der Waals surface area contributed by atoms with Crippen LogP contribution in [0.2, 0.25) is 0 Å². The zero-order chi connectivity index (χ0) is 62.9. The van der Waals surface area contributed by atoms with E-state index >= 15 is 0 Å². The molecule has 0 aliphatic carbocycles. The van der Waals surface area contributed by atoms with Gasteiger partial charge in [-0.2, -0.15) is 0 Å². The van der Waals surface area contributed by atoms with Crippen LogP contribution in [0.4, 0.5) is 0 Å². The first kappa shape index (κ1) is 70.9. The first-order valence-corrected chi connectivity index (χ1v) is 29.6. The van der Waals surface area contributed by atoms with Gasteiger partial charge in [-0.15, -0.1) is 0 Å². The summed E-state index contributed by atoms with van der Waals surface area (Å²) in [6.07, 6.45) is 21.4. The minimum atomic E-state index is -0.523. The lowest BCUT2D eigenvalue weighted by atomic mass is 10.1. The molecule has 4 aromatic carbocycles. The molecule has 0 atom stereocenters. The van der Waals surface area contributed by atoms with Crippen molar-refractivity contribution in [3.05, 3.63) is 119 Å². The number of methoxy groups -OCH3 is 6. The standard InChI is InChI=1S/C68H88O19/c1-50(2)67(72)86-43-23-15-16-24-44-87-68(73)54-48-61(83-40-20-11-9-17-37-80-55-31-25-51(45-58(55)74-3)28-34-63(69)77-6)66(85-42-22-14-13-19-39-82-57-33-27-53(47-60(57)76-5)30-36-65(71)79-8)62(49-54)84-41-21-12-10-18-38-81-56-32-26-52(46-59(56)75-4)29-35-64(70)78-7/h25-36,45-49H,1,9-24,37-44H2,2-8H3/b34-28+,35-29+,36-30+. The average molecular weight is 1210 g/mol. The van der Waals surface area contributed by atoms with Gasteiger partial charge in [0.1, 0.15) is 0 Å². The summed E-state index contributed by atoms with van der Waals surface area (Å²) in [6.45, 7) is 8.16. The predicted octanol–water partition coefficient (Wildman–Crippen LogP) is 13.2. The summed E-state index contributed by atoms with van der Waals surface area (Å²) in [5.41, 5.74) is 2.92. The highest BCUT2D eigenvalue weighted by molar-refractivity contribution is 5.91. The second-order valence-corrected chi connectivity index (χ2v) is 19.9. The van der Waals surface area contributed by atoms with Gasteiger partial charge in [-0.3, -0.25) is 0 Å². The highest BCUT2D eigenvalue weighted by Crippen LogP contribution is 2.40. The zero-order valence-corrected chi connectivity index (χ0v) is 51.7. The molecule has 4 rings (SSSR count). The highest BCUT2D eigenvalue weighted by Gasteiger charge is 2.21. The summed E-state index contributed by atoms with van der Waals surface area (Å²) in [6, 6.07) is 19.6. The molecule has 0 heterocycles. The molecule has 0 bridgehead atoms. The van der Waals surface area contributed by atoms with Crippen LogP contribution in [0.15, 0.2) is 97.1 Å². The first-order valence-electron chi connectivity index (χ1n) is 29.6. The largest absolute Gasteiger partial charge is 0.493 e. The summed E-state index contributed by atoms with van der Waals surface area (Å²) < 4.78 is 79.3. The number of hydrogen-bond donors (Lipinski definition) is 0. The summed E-state index contributed by atoms with van der Waals surface area (Å²) in [7, 11) is 8.67. The number of unbranched alkanes of at least 4 members (excludes halogenated alkanes) is 12. The molecule has 0 amide bonds. The van der Waals surface area contributed by atoms with E-state index in [1.54, 1.807) is 76.8 Å². The van der Waals surface area contributed by atoms with E-state index in [2.05, 4.69) is 20.8 Å². The van der Waals surface area contributed by atoms with Gasteiger partial charge in [0, 0.05) is 23.8 Å². The minimum absolute atomic E-state index is 0.197. The summed E-state index contributed by atoms with van der Waals surface area (Å²) in [4.78, 5) is 60.2. The first-order chi connectivity index (χ1) is 42.3. The number of carbonyl (C=O) groups excluding carboxylic acids is 5. The molecule has 0 fully saturated rings. The van der Waals surface area contributed by atoms with Gasteiger partial charge in [-0.25, -0.2) is 24.0 Å². The van der Waals surface area contributed by atoms with E-state index in [4.69, 9.17) is 52.1 Å². The van der Waals surface area contributed by atoms with Crippen molar-refractivity contribution in [2.24, 2.45) is 0 Å². The molecule has 4 aromatic rings. The molecule has 0 saturated heterocycles. The third-order valence-electron chi connectivity index (χ3n) is 13.2. The van der Waals surface area contributed by atoms with E-state index in [0.717, 1.165) is 93.7 Å². The Balaban J connectivity index is 1.41. The lowest BCUT2D eigenvalue weighted by Crippen LogP contribution is -2.11. The van der Waals surface area contributed by atoms with Crippen LogP contribution in [-0.2, 0) is 42.9 Å². The molecule has 474 valence electrons. The van der Waals surface area contributed by atoms with Crippen LogP contribution < -0.4 is 42.6 Å². The molecular formula is C68H88O19. The van der Waals surface area contributed by atoms with Gasteiger partial charge in [0.25, 0.3) is 0 Å². The Labute approximate surface area is 512 Å². The maximum Gasteiger partial charge on any atom is 0.338 e. The van der Waals surface area contributed by atoms with Crippen molar-refractivity contribution in [1.82, 2.24) is 0 Å².